The van der Waals surface area contributed by atoms with Crippen molar-refractivity contribution in [1.29, 1.82) is 0 Å². The molecule has 0 radical (unpaired) electrons. The molecule has 0 aromatic heterocycles. The van der Waals surface area contributed by atoms with E-state index in [-0.39, 0.29) is 11.9 Å². The molecule has 2 fully saturated rings. The minimum atomic E-state index is -0.0367. The third-order valence-corrected chi connectivity index (χ3v) is 5.20. The van der Waals surface area contributed by atoms with Crippen molar-refractivity contribution in [2.45, 2.75) is 45.6 Å². The molecule has 0 aromatic rings. The second-order valence-corrected chi connectivity index (χ2v) is 7.42. The van der Waals surface area contributed by atoms with Gasteiger partial charge in [-0.25, -0.2) is 0 Å². The third-order valence-electron chi connectivity index (χ3n) is 5.20. The molecule has 2 aliphatic rings. The molecular formula is C19H36N4O3. The van der Waals surface area contributed by atoms with Gasteiger partial charge in [-0.3, -0.25) is 14.7 Å². The lowest BCUT2D eigenvalue weighted by Gasteiger charge is -2.30. The quantitative estimate of drug-likeness (QED) is 0.400. The number of aliphatic imine (C=N–C) groups is 1. The van der Waals surface area contributed by atoms with Gasteiger partial charge < -0.3 is 20.1 Å². The Balaban J connectivity index is 1.65. The standard InChI is InChI=1S/C19H36N4O3/c1-4-26-18(24)16-5-7-17(8-6-16)22-19(20-3)21-13-15(2)14-23-9-11-25-12-10-23/h15-17H,4-14H2,1-3H3,(H2,20,21,22). The Morgan fingerprint density at radius 1 is 1.27 bits per heavy atom. The van der Waals surface area contributed by atoms with Crippen molar-refractivity contribution < 1.29 is 14.3 Å². The van der Waals surface area contributed by atoms with E-state index in [1.165, 1.54) is 0 Å². The number of carbonyl (C=O) groups is 1. The van der Waals surface area contributed by atoms with Crippen LogP contribution in [0.15, 0.2) is 4.99 Å². The van der Waals surface area contributed by atoms with Crippen LogP contribution in [-0.2, 0) is 14.3 Å². The lowest BCUT2D eigenvalue weighted by Crippen LogP contribution is -2.47. The van der Waals surface area contributed by atoms with Gasteiger partial charge in [-0.05, 0) is 38.5 Å². The highest BCUT2D eigenvalue weighted by atomic mass is 16.5. The number of hydrogen-bond acceptors (Lipinski definition) is 5. The fraction of sp³-hybridized carbons (Fsp3) is 0.895. The van der Waals surface area contributed by atoms with E-state index in [0.29, 0.717) is 18.6 Å². The van der Waals surface area contributed by atoms with Crippen LogP contribution in [0.1, 0.15) is 39.5 Å². The van der Waals surface area contributed by atoms with E-state index >= 15 is 0 Å². The Morgan fingerprint density at radius 2 is 1.96 bits per heavy atom. The van der Waals surface area contributed by atoms with Crippen LogP contribution in [0.5, 0.6) is 0 Å². The van der Waals surface area contributed by atoms with Crippen LogP contribution in [0.2, 0.25) is 0 Å². The lowest BCUT2D eigenvalue weighted by atomic mass is 9.86. The zero-order valence-electron chi connectivity index (χ0n) is 16.6. The number of nitrogens with zero attached hydrogens (tertiary/aromatic N) is 2. The summed E-state index contributed by atoms with van der Waals surface area (Å²) in [7, 11) is 1.81. The van der Waals surface area contributed by atoms with E-state index < -0.39 is 0 Å². The maximum atomic E-state index is 11.8. The lowest BCUT2D eigenvalue weighted by molar-refractivity contribution is -0.149. The molecule has 1 unspecified atom stereocenters. The number of nitrogens with one attached hydrogen (secondary N) is 2. The molecule has 1 heterocycles. The zero-order chi connectivity index (χ0) is 18.8. The van der Waals surface area contributed by atoms with Gasteiger partial charge in [0.25, 0.3) is 0 Å². The number of morpholine rings is 1. The molecule has 150 valence electrons. The summed E-state index contributed by atoms with van der Waals surface area (Å²) >= 11 is 0. The van der Waals surface area contributed by atoms with Gasteiger partial charge in [-0.2, -0.15) is 0 Å². The van der Waals surface area contributed by atoms with Gasteiger partial charge in [-0.15, -0.1) is 0 Å². The Bertz CT molecular complexity index is 444. The molecule has 1 saturated carbocycles. The topological polar surface area (TPSA) is 75.2 Å². The van der Waals surface area contributed by atoms with E-state index in [2.05, 4.69) is 27.4 Å². The average Bonchev–Trinajstić information content (AvgIpc) is 2.66. The Kier molecular flexibility index (Phi) is 9.18. The summed E-state index contributed by atoms with van der Waals surface area (Å²) in [5.74, 6) is 1.44. The predicted molar refractivity (Wildman–Crippen MR) is 103 cm³/mol. The van der Waals surface area contributed by atoms with Crippen molar-refractivity contribution in [1.82, 2.24) is 15.5 Å². The van der Waals surface area contributed by atoms with E-state index in [1.54, 1.807) is 0 Å². The smallest absolute Gasteiger partial charge is 0.308 e. The fourth-order valence-electron chi connectivity index (χ4n) is 3.68. The molecule has 0 bridgehead atoms. The summed E-state index contributed by atoms with van der Waals surface area (Å²) in [6.45, 7) is 10.3. The third kappa shape index (κ3) is 7.11. The van der Waals surface area contributed by atoms with Crippen molar-refractivity contribution >= 4 is 11.9 Å². The first-order valence-electron chi connectivity index (χ1n) is 10.1. The number of ether oxygens (including phenoxy) is 2. The Morgan fingerprint density at radius 3 is 2.58 bits per heavy atom. The first-order valence-corrected chi connectivity index (χ1v) is 10.1. The Labute approximate surface area is 157 Å². The number of hydrogen-bond donors (Lipinski definition) is 2. The monoisotopic (exact) mass is 368 g/mol. The zero-order valence-corrected chi connectivity index (χ0v) is 16.6. The molecule has 0 amide bonds. The maximum Gasteiger partial charge on any atom is 0.308 e. The van der Waals surface area contributed by atoms with Crippen LogP contribution in [0.3, 0.4) is 0 Å². The highest BCUT2D eigenvalue weighted by molar-refractivity contribution is 5.80. The number of esters is 1. The van der Waals surface area contributed by atoms with Crippen molar-refractivity contribution in [2.75, 3.05) is 53.0 Å². The van der Waals surface area contributed by atoms with E-state index in [9.17, 15) is 4.79 Å². The van der Waals surface area contributed by atoms with Gasteiger partial charge in [0.15, 0.2) is 5.96 Å². The normalized spacial score (nSPS) is 26.2. The van der Waals surface area contributed by atoms with Crippen molar-refractivity contribution in [3.05, 3.63) is 0 Å². The molecule has 2 rings (SSSR count). The molecule has 0 aromatic carbocycles. The van der Waals surface area contributed by atoms with Crippen molar-refractivity contribution in [3.63, 3.8) is 0 Å². The molecule has 1 aliphatic carbocycles. The largest absolute Gasteiger partial charge is 0.466 e. The summed E-state index contributed by atoms with van der Waals surface area (Å²) < 4.78 is 10.5. The summed E-state index contributed by atoms with van der Waals surface area (Å²) in [5, 5.41) is 6.96. The van der Waals surface area contributed by atoms with Crippen LogP contribution >= 0.6 is 0 Å². The van der Waals surface area contributed by atoms with Crippen LogP contribution in [0.25, 0.3) is 0 Å². The van der Waals surface area contributed by atoms with Gasteiger partial charge in [0.1, 0.15) is 0 Å². The molecule has 1 saturated heterocycles. The van der Waals surface area contributed by atoms with Crippen LogP contribution in [0.4, 0.5) is 0 Å². The molecule has 2 N–H and O–H groups in total. The molecule has 1 aliphatic heterocycles. The maximum absolute atomic E-state index is 11.8. The second kappa shape index (κ2) is 11.4. The van der Waals surface area contributed by atoms with Crippen LogP contribution < -0.4 is 10.6 Å². The minimum Gasteiger partial charge on any atom is -0.466 e. The van der Waals surface area contributed by atoms with Gasteiger partial charge in [0, 0.05) is 39.3 Å². The number of guanidine groups is 1. The van der Waals surface area contributed by atoms with E-state index in [4.69, 9.17) is 9.47 Å². The summed E-state index contributed by atoms with van der Waals surface area (Å²) in [6, 6.07) is 0.376. The van der Waals surface area contributed by atoms with Crippen molar-refractivity contribution in [3.8, 4) is 0 Å². The summed E-state index contributed by atoms with van der Waals surface area (Å²) in [6.07, 6.45) is 3.74. The summed E-state index contributed by atoms with van der Waals surface area (Å²) in [4.78, 5) is 18.6. The highest BCUT2D eigenvalue weighted by Crippen LogP contribution is 2.25. The molecule has 1 atom stereocenters. The SMILES string of the molecule is CCOC(=O)C1CCC(NC(=NC)NCC(C)CN2CCOCC2)CC1. The van der Waals surface area contributed by atoms with Crippen molar-refractivity contribution in [2.24, 2.45) is 16.8 Å². The summed E-state index contributed by atoms with van der Waals surface area (Å²) in [5.41, 5.74) is 0. The molecular weight excluding hydrogens is 332 g/mol. The van der Waals surface area contributed by atoms with Gasteiger partial charge >= 0.3 is 5.97 Å². The second-order valence-electron chi connectivity index (χ2n) is 7.42. The number of carbonyl (C=O) groups excluding carboxylic acids is 1. The first-order chi connectivity index (χ1) is 12.6. The predicted octanol–water partition coefficient (Wildman–Crippen LogP) is 1.24. The van der Waals surface area contributed by atoms with E-state index in [1.807, 2.05) is 14.0 Å². The highest BCUT2D eigenvalue weighted by Gasteiger charge is 2.27. The molecule has 0 spiro atoms. The van der Waals surface area contributed by atoms with Crippen LogP contribution in [0, 0.1) is 11.8 Å². The molecule has 7 nitrogen and oxygen atoms in total. The molecule has 26 heavy (non-hydrogen) atoms. The molecule has 7 heteroatoms. The van der Waals surface area contributed by atoms with Gasteiger partial charge in [-0.1, -0.05) is 6.92 Å². The van der Waals surface area contributed by atoms with Gasteiger partial charge in [0.2, 0.25) is 0 Å². The van der Waals surface area contributed by atoms with E-state index in [0.717, 1.165) is 71.0 Å². The first kappa shape index (κ1) is 21.0. The van der Waals surface area contributed by atoms with Gasteiger partial charge in [0.05, 0.1) is 25.7 Å². The minimum absolute atomic E-state index is 0.0367. The Hall–Kier alpha value is -1.34. The van der Waals surface area contributed by atoms with Crippen LogP contribution in [-0.4, -0.2) is 75.9 Å². The average molecular weight is 369 g/mol. The number of rotatable bonds is 7. The fourth-order valence-corrected chi connectivity index (χ4v) is 3.68.